The molecule has 1 aromatic carbocycles. The van der Waals surface area contributed by atoms with Crippen molar-refractivity contribution in [2.75, 3.05) is 19.7 Å². The minimum Gasteiger partial charge on any atom is -0.493 e. The van der Waals surface area contributed by atoms with Gasteiger partial charge in [0.15, 0.2) is 6.10 Å². The molecule has 0 radical (unpaired) electrons. The molecule has 152 valence electrons. The molecule has 0 bridgehead atoms. The Morgan fingerprint density at radius 1 is 1.29 bits per heavy atom. The molecule has 1 N–H and O–H groups in total. The third-order valence-corrected chi connectivity index (χ3v) is 5.35. The number of para-hydroxylation sites is 1. The predicted octanol–water partition coefficient (Wildman–Crippen LogP) is 2.21. The second-order valence-electron chi connectivity index (χ2n) is 7.35. The molecule has 3 atom stereocenters. The molecule has 1 aromatic rings. The second-order valence-corrected chi connectivity index (χ2v) is 7.35. The number of nitrogens with one attached hydrogen (secondary N) is 1. The fourth-order valence-corrected chi connectivity index (χ4v) is 3.72. The van der Waals surface area contributed by atoms with Gasteiger partial charge in [0.1, 0.15) is 5.75 Å². The van der Waals surface area contributed by atoms with Crippen molar-refractivity contribution in [1.82, 2.24) is 10.2 Å². The van der Waals surface area contributed by atoms with Crippen molar-refractivity contribution in [3.05, 3.63) is 29.8 Å². The Bertz CT molecular complexity index is 735. The van der Waals surface area contributed by atoms with Gasteiger partial charge in [0.2, 0.25) is 5.91 Å². The van der Waals surface area contributed by atoms with Gasteiger partial charge in [-0.15, -0.1) is 0 Å². The molecule has 0 saturated carbocycles. The molecule has 0 aromatic heterocycles. The molecule has 1 saturated heterocycles. The number of carbonyl (C=O) groups is 3. The van der Waals surface area contributed by atoms with E-state index in [1.165, 1.54) is 0 Å². The Kier molecular flexibility index (Phi) is 6.54. The summed E-state index contributed by atoms with van der Waals surface area (Å²) in [6.07, 6.45) is 1.64. The molecule has 2 amide bonds. The number of hydrogen-bond donors (Lipinski definition) is 1. The van der Waals surface area contributed by atoms with Crippen molar-refractivity contribution in [3.63, 3.8) is 0 Å². The van der Waals surface area contributed by atoms with Gasteiger partial charge in [0, 0.05) is 31.5 Å². The summed E-state index contributed by atoms with van der Waals surface area (Å²) in [7, 11) is 0. The highest BCUT2D eigenvalue weighted by atomic mass is 16.5. The summed E-state index contributed by atoms with van der Waals surface area (Å²) in [5.74, 6) is -0.299. The molecule has 7 nitrogen and oxygen atoms in total. The summed E-state index contributed by atoms with van der Waals surface area (Å²) in [6.45, 7) is 4.96. The Hall–Kier alpha value is -2.57. The molecule has 1 fully saturated rings. The number of rotatable bonds is 5. The zero-order chi connectivity index (χ0) is 20.1. The zero-order valence-corrected chi connectivity index (χ0v) is 16.5. The van der Waals surface area contributed by atoms with Gasteiger partial charge >= 0.3 is 5.97 Å². The van der Waals surface area contributed by atoms with E-state index >= 15 is 0 Å². The lowest BCUT2D eigenvalue weighted by Gasteiger charge is -2.32. The fraction of sp³-hybridized carbons (Fsp3) is 0.571. The van der Waals surface area contributed by atoms with E-state index in [1.54, 1.807) is 11.8 Å². The first kappa shape index (κ1) is 20.2. The number of benzene rings is 1. The van der Waals surface area contributed by atoms with Gasteiger partial charge in [-0.25, -0.2) is 0 Å². The quantitative estimate of drug-likeness (QED) is 0.782. The maximum absolute atomic E-state index is 12.6. The van der Waals surface area contributed by atoms with Crippen molar-refractivity contribution in [2.24, 2.45) is 5.92 Å². The van der Waals surface area contributed by atoms with Gasteiger partial charge in [-0.2, -0.15) is 0 Å². The van der Waals surface area contributed by atoms with Crippen LogP contribution in [0.2, 0.25) is 0 Å². The van der Waals surface area contributed by atoms with Crippen LogP contribution in [0.5, 0.6) is 5.75 Å². The van der Waals surface area contributed by atoms with E-state index in [2.05, 4.69) is 5.32 Å². The van der Waals surface area contributed by atoms with Gasteiger partial charge in [0.05, 0.1) is 18.6 Å². The van der Waals surface area contributed by atoms with Crippen molar-refractivity contribution in [2.45, 2.75) is 51.7 Å². The number of carbonyl (C=O) groups excluding carboxylic acids is 3. The largest absolute Gasteiger partial charge is 0.493 e. The lowest BCUT2D eigenvalue weighted by molar-refractivity contribution is -0.161. The molecule has 2 aliphatic rings. The number of esters is 1. The molecule has 7 heteroatoms. The van der Waals surface area contributed by atoms with Crippen molar-refractivity contribution < 1.29 is 23.9 Å². The summed E-state index contributed by atoms with van der Waals surface area (Å²) in [5, 5.41) is 2.96. The number of piperidine rings is 1. The summed E-state index contributed by atoms with van der Waals surface area (Å²) < 4.78 is 11.0. The normalized spacial score (nSPS) is 22.4. The SMILES string of the molecule is CCC(=O)N1CCCC(C(=O)OC(C)C(=O)NC2CCOc3ccccc32)C1. The van der Waals surface area contributed by atoms with E-state index < -0.39 is 12.1 Å². The van der Waals surface area contributed by atoms with E-state index in [4.69, 9.17) is 9.47 Å². The fourth-order valence-electron chi connectivity index (χ4n) is 3.72. The molecule has 2 aliphatic heterocycles. The summed E-state index contributed by atoms with van der Waals surface area (Å²) in [5.41, 5.74) is 0.932. The van der Waals surface area contributed by atoms with Gasteiger partial charge in [-0.3, -0.25) is 14.4 Å². The van der Waals surface area contributed by atoms with Gasteiger partial charge in [-0.1, -0.05) is 25.1 Å². The first-order valence-corrected chi connectivity index (χ1v) is 10.00. The monoisotopic (exact) mass is 388 g/mol. The van der Waals surface area contributed by atoms with E-state index in [9.17, 15) is 14.4 Å². The van der Waals surface area contributed by atoms with Crippen molar-refractivity contribution in [1.29, 1.82) is 0 Å². The third-order valence-electron chi connectivity index (χ3n) is 5.35. The summed E-state index contributed by atoms with van der Waals surface area (Å²) in [4.78, 5) is 38.7. The maximum atomic E-state index is 12.6. The van der Waals surface area contributed by atoms with Crippen LogP contribution in [0.4, 0.5) is 0 Å². The Labute approximate surface area is 165 Å². The summed E-state index contributed by atoms with van der Waals surface area (Å²) in [6, 6.07) is 7.44. The number of amides is 2. The number of likely N-dealkylation sites (tertiary alicyclic amines) is 1. The Morgan fingerprint density at radius 3 is 2.86 bits per heavy atom. The van der Waals surface area contributed by atoms with Gasteiger partial charge in [-0.05, 0) is 25.8 Å². The van der Waals surface area contributed by atoms with Crippen LogP contribution in [0.15, 0.2) is 24.3 Å². The maximum Gasteiger partial charge on any atom is 0.311 e. The standard InChI is InChI=1S/C21H28N2O5/c1-3-19(24)23-11-6-7-15(13-23)21(26)28-14(2)20(25)22-17-10-12-27-18-9-5-4-8-16(17)18/h4-5,8-9,14-15,17H,3,6-7,10-13H2,1-2H3,(H,22,25). The molecule has 3 unspecified atom stereocenters. The van der Waals surface area contributed by atoms with Crippen LogP contribution in [0.1, 0.15) is 51.1 Å². The molecular formula is C21H28N2O5. The Balaban J connectivity index is 1.54. The number of hydrogen-bond acceptors (Lipinski definition) is 5. The topological polar surface area (TPSA) is 84.9 Å². The molecular weight excluding hydrogens is 360 g/mol. The molecule has 0 spiro atoms. The van der Waals surface area contributed by atoms with Gasteiger partial charge < -0.3 is 19.7 Å². The molecule has 2 heterocycles. The average molecular weight is 388 g/mol. The molecule has 28 heavy (non-hydrogen) atoms. The van der Waals surface area contributed by atoms with Crippen LogP contribution in [-0.4, -0.2) is 48.5 Å². The minimum absolute atomic E-state index is 0.0430. The lowest BCUT2D eigenvalue weighted by atomic mass is 9.98. The highest BCUT2D eigenvalue weighted by Crippen LogP contribution is 2.31. The zero-order valence-electron chi connectivity index (χ0n) is 16.5. The number of fused-ring (bicyclic) bond motifs is 1. The average Bonchev–Trinajstić information content (AvgIpc) is 2.73. The van der Waals surface area contributed by atoms with E-state index in [0.29, 0.717) is 39.0 Å². The predicted molar refractivity (Wildman–Crippen MR) is 103 cm³/mol. The van der Waals surface area contributed by atoms with Gasteiger partial charge in [0.25, 0.3) is 5.91 Å². The van der Waals surface area contributed by atoms with Crippen molar-refractivity contribution in [3.8, 4) is 5.75 Å². The first-order valence-electron chi connectivity index (χ1n) is 10.00. The van der Waals surface area contributed by atoms with Crippen LogP contribution < -0.4 is 10.1 Å². The minimum atomic E-state index is -0.889. The highest BCUT2D eigenvalue weighted by Gasteiger charge is 2.32. The third kappa shape index (κ3) is 4.64. The van der Waals surface area contributed by atoms with Crippen LogP contribution in [0.25, 0.3) is 0 Å². The molecule has 0 aliphatic carbocycles. The lowest BCUT2D eigenvalue weighted by Crippen LogP contribution is -2.45. The van der Waals surface area contributed by atoms with E-state index in [0.717, 1.165) is 17.7 Å². The van der Waals surface area contributed by atoms with E-state index in [1.807, 2.05) is 31.2 Å². The van der Waals surface area contributed by atoms with Crippen LogP contribution in [0.3, 0.4) is 0 Å². The van der Waals surface area contributed by atoms with Crippen LogP contribution >= 0.6 is 0 Å². The van der Waals surface area contributed by atoms with Crippen molar-refractivity contribution >= 4 is 17.8 Å². The smallest absolute Gasteiger partial charge is 0.311 e. The van der Waals surface area contributed by atoms with E-state index in [-0.39, 0.29) is 23.8 Å². The summed E-state index contributed by atoms with van der Waals surface area (Å²) >= 11 is 0. The molecule has 3 rings (SSSR count). The van der Waals surface area contributed by atoms with Crippen LogP contribution in [0, 0.1) is 5.92 Å². The first-order chi connectivity index (χ1) is 13.5. The van der Waals surface area contributed by atoms with Crippen LogP contribution in [-0.2, 0) is 19.1 Å². The number of ether oxygens (including phenoxy) is 2. The highest BCUT2D eigenvalue weighted by molar-refractivity contribution is 5.84. The second kappa shape index (κ2) is 9.08. The number of nitrogens with zero attached hydrogens (tertiary/aromatic N) is 1. The Morgan fingerprint density at radius 2 is 2.07 bits per heavy atom.